The highest BCUT2D eigenvalue weighted by atomic mass is 35.5. The first kappa shape index (κ1) is 13.0. The highest BCUT2D eigenvalue weighted by Gasteiger charge is 2.05. The minimum atomic E-state index is 0.0482. The van der Waals surface area contributed by atoms with Crippen LogP contribution in [0, 0.1) is 0 Å². The van der Waals surface area contributed by atoms with Crippen molar-refractivity contribution < 1.29 is 4.79 Å². The Morgan fingerprint density at radius 1 is 1.50 bits per heavy atom. The molecular weight excluding hydrogens is 224 g/mol. The van der Waals surface area contributed by atoms with Crippen molar-refractivity contribution in [1.29, 1.82) is 0 Å². The number of hydrogen-bond acceptors (Lipinski definition) is 2. The molecule has 1 rings (SSSR count). The molecule has 1 amide bonds. The maximum absolute atomic E-state index is 11.3. The Kier molecular flexibility index (Phi) is 5.29. The second-order valence-electron chi connectivity index (χ2n) is 3.76. The summed E-state index contributed by atoms with van der Waals surface area (Å²) in [7, 11) is 1.91. The van der Waals surface area contributed by atoms with Crippen LogP contribution in [0.1, 0.15) is 12.5 Å². The van der Waals surface area contributed by atoms with Crippen molar-refractivity contribution in [3.05, 3.63) is 34.9 Å². The summed E-state index contributed by atoms with van der Waals surface area (Å²) in [5.74, 6) is 0.0482. The number of amides is 1. The number of halogens is 1. The second kappa shape index (κ2) is 6.51. The number of carbonyl (C=O) groups excluding carboxylic acids is 1. The molecule has 0 spiro atoms. The topological polar surface area (TPSA) is 32.3 Å². The van der Waals surface area contributed by atoms with E-state index in [9.17, 15) is 4.79 Å². The molecule has 88 valence electrons. The van der Waals surface area contributed by atoms with Crippen molar-refractivity contribution in [3.63, 3.8) is 0 Å². The van der Waals surface area contributed by atoms with E-state index < -0.39 is 0 Å². The fraction of sp³-hybridized carbons (Fsp3) is 0.417. The van der Waals surface area contributed by atoms with Crippen LogP contribution in [-0.4, -0.2) is 30.9 Å². The van der Waals surface area contributed by atoms with E-state index in [-0.39, 0.29) is 5.91 Å². The van der Waals surface area contributed by atoms with E-state index in [2.05, 4.69) is 5.32 Å². The molecule has 0 aliphatic heterocycles. The fourth-order valence-corrected chi connectivity index (χ4v) is 1.71. The Morgan fingerprint density at radius 2 is 2.25 bits per heavy atom. The van der Waals surface area contributed by atoms with Gasteiger partial charge in [-0.1, -0.05) is 23.7 Å². The van der Waals surface area contributed by atoms with Crippen molar-refractivity contribution in [3.8, 4) is 0 Å². The Bertz CT molecular complexity index is 355. The van der Waals surface area contributed by atoms with Gasteiger partial charge in [0, 0.05) is 18.1 Å². The van der Waals surface area contributed by atoms with Crippen molar-refractivity contribution in [2.45, 2.75) is 13.5 Å². The molecule has 0 unspecified atom stereocenters. The number of hydrogen-bond donors (Lipinski definition) is 1. The van der Waals surface area contributed by atoms with Crippen LogP contribution in [0.4, 0.5) is 0 Å². The van der Waals surface area contributed by atoms with Crippen LogP contribution >= 0.6 is 11.6 Å². The molecule has 0 saturated heterocycles. The van der Waals surface area contributed by atoms with Crippen LogP contribution in [0.5, 0.6) is 0 Å². The number of rotatable bonds is 5. The summed E-state index contributed by atoms with van der Waals surface area (Å²) < 4.78 is 0. The van der Waals surface area contributed by atoms with Crippen molar-refractivity contribution in [2.24, 2.45) is 0 Å². The lowest BCUT2D eigenvalue weighted by atomic mass is 10.2. The maximum Gasteiger partial charge on any atom is 0.234 e. The van der Waals surface area contributed by atoms with Gasteiger partial charge in [0.2, 0.25) is 5.91 Å². The summed E-state index contributed by atoms with van der Waals surface area (Å²) in [5.41, 5.74) is 1.11. The van der Waals surface area contributed by atoms with E-state index in [1.165, 1.54) is 0 Å². The van der Waals surface area contributed by atoms with Gasteiger partial charge in [-0.25, -0.2) is 0 Å². The van der Waals surface area contributed by atoms with Gasteiger partial charge in [0.05, 0.1) is 6.54 Å². The first-order valence-corrected chi connectivity index (χ1v) is 5.69. The summed E-state index contributed by atoms with van der Waals surface area (Å²) in [6, 6.07) is 7.67. The molecule has 16 heavy (non-hydrogen) atoms. The molecule has 0 fully saturated rings. The molecule has 0 radical (unpaired) electrons. The number of benzene rings is 1. The minimum absolute atomic E-state index is 0.0482. The average Bonchev–Trinajstić information content (AvgIpc) is 2.17. The zero-order valence-electron chi connectivity index (χ0n) is 9.66. The highest BCUT2D eigenvalue weighted by molar-refractivity contribution is 6.30. The molecule has 0 aliphatic rings. The molecule has 3 nitrogen and oxygen atoms in total. The van der Waals surface area contributed by atoms with Gasteiger partial charge in [0.25, 0.3) is 0 Å². The van der Waals surface area contributed by atoms with Crippen molar-refractivity contribution in [1.82, 2.24) is 10.2 Å². The average molecular weight is 241 g/mol. The summed E-state index contributed by atoms with van der Waals surface area (Å²) >= 11 is 5.89. The van der Waals surface area contributed by atoms with Crippen molar-refractivity contribution in [2.75, 3.05) is 20.1 Å². The lowest BCUT2D eigenvalue weighted by molar-refractivity contribution is -0.121. The van der Waals surface area contributed by atoms with Gasteiger partial charge in [-0.05, 0) is 31.7 Å². The third kappa shape index (κ3) is 4.64. The Hall–Kier alpha value is -1.06. The first-order chi connectivity index (χ1) is 7.61. The van der Waals surface area contributed by atoms with Crippen LogP contribution in [0.3, 0.4) is 0 Å². The zero-order chi connectivity index (χ0) is 12.0. The van der Waals surface area contributed by atoms with E-state index in [1.54, 1.807) is 0 Å². The standard InChI is InChI=1S/C12H17ClN2O/c1-3-14-12(16)9-15(2)8-10-5-4-6-11(13)7-10/h4-7H,3,8-9H2,1-2H3,(H,14,16). The van der Waals surface area contributed by atoms with Gasteiger partial charge < -0.3 is 5.32 Å². The normalized spacial score (nSPS) is 10.5. The van der Waals surface area contributed by atoms with Crippen LogP contribution in [0.2, 0.25) is 5.02 Å². The summed E-state index contributed by atoms with van der Waals surface area (Å²) in [6.45, 7) is 3.71. The van der Waals surface area contributed by atoms with E-state index >= 15 is 0 Å². The molecule has 1 aromatic carbocycles. The van der Waals surface area contributed by atoms with Crippen LogP contribution in [0.25, 0.3) is 0 Å². The molecule has 0 atom stereocenters. The lowest BCUT2D eigenvalue weighted by Crippen LogP contribution is -2.34. The molecule has 1 aromatic rings. The van der Waals surface area contributed by atoms with Gasteiger partial charge in [0.15, 0.2) is 0 Å². The van der Waals surface area contributed by atoms with Crippen molar-refractivity contribution >= 4 is 17.5 Å². The summed E-state index contributed by atoms with van der Waals surface area (Å²) in [6.07, 6.45) is 0. The monoisotopic (exact) mass is 240 g/mol. The van der Waals surface area contributed by atoms with E-state index in [0.29, 0.717) is 13.1 Å². The van der Waals surface area contributed by atoms with Gasteiger partial charge in [0.1, 0.15) is 0 Å². The SMILES string of the molecule is CCNC(=O)CN(C)Cc1cccc(Cl)c1. The molecule has 0 heterocycles. The first-order valence-electron chi connectivity index (χ1n) is 5.31. The third-order valence-corrected chi connectivity index (χ3v) is 2.36. The fourth-order valence-electron chi connectivity index (χ4n) is 1.50. The zero-order valence-corrected chi connectivity index (χ0v) is 10.4. The number of likely N-dealkylation sites (N-methyl/N-ethyl adjacent to an activating group) is 2. The predicted octanol–water partition coefficient (Wildman–Crippen LogP) is 1.91. The third-order valence-electron chi connectivity index (χ3n) is 2.13. The molecular formula is C12H17ClN2O. The number of nitrogens with zero attached hydrogens (tertiary/aromatic N) is 1. The molecule has 1 N–H and O–H groups in total. The van der Waals surface area contributed by atoms with E-state index in [1.807, 2.05) is 43.1 Å². The van der Waals surface area contributed by atoms with E-state index in [4.69, 9.17) is 11.6 Å². The van der Waals surface area contributed by atoms with Gasteiger partial charge in [-0.3, -0.25) is 9.69 Å². The molecule has 0 aliphatic carbocycles. The lowest BCUT2D eigenvalue weighted by Gasteiger charge is -2.16. The van der Waals surface area contributed by atoms with E-state index in [0.717, 1.165) is 17.1 Å². The van der Waals surface area contributed by atoms with Crippen LogP contribution < -0.4 is 5.32 Å². The Balaban J connectivity index is 2.45. The summed E-state index contributed by atoms with van der Waals surface area (Å²) in [5, 5.41) is 3.49. The van der Waals surface area contributed by atoms with Gasteiger partial charge in [-0.15, -0.1) is 0 Å². The highest BCUT2D eigenvalue weighted by Crippen LogP contribution is 2.11. The number of nitrogens with one attached hydrogen (secondary N) is 1. The Labute approximate surface area is 101 Å². The quantitative estimate of drug-likeness (QED) is 0.853. The molecule has 4 heteroatoms. The molecule has 0 bridgehead atoms. The predicted molar refractivity (Wildman–Crippen MR) is 66.5 cm³/mol. The van der Waals surface area contributed by atoms with Crippen LogP contribution in [0.15, 0.2) is 24.3 Å². The Morgan fingerprint density at radius 3 is 2.88 bits per heavy atom. The van der Waals surface area contributed by atoms with Gasteiger partial charge >= 0.3 is 0 Å². The maximum atomic E-state index is 11.3. The smallest absolute Gasteiger partial charge is 0.234 e. The van der Waals surface area contributed by atoms with Gasteiger partial charge in [-0.2, -0.15) is 0 Å². The second-order valence-corrected chi connectivity index (χ2v) is 4.19. The molecule has 0 aromatic heterocycles. The largest absolute Gasteiger partial charge is 0.355 e. The molecule has 0 saturated carbocycles. The summed E-state index contributed by atoms with van der Waals surface area (Å²) in [4.78, 5) is 13.3. The van der Waals surface area contributed by atoms with Crippen LogP contribution in [-0.2, 0) is 11.3 Å². The minimum Gasteiger partial charge on any atom is -0.355 e. The number of carbonyl (C=O) groups is 1.